The lowest BCUT2D eigenvalue weighted by molar-refractivity contribution is 0.381. The van der Waals surface area contributed by atoms with Crippen LogP contribution in [0, 0.1) is 34.9 Å². The first-order chi connectivity index (χ1) is 10.1. The number of rotatable bonds is 1. The van der Waals surface area contributed by atoms with Crippen LogP contribution in [0.4, 0.5) is 49.1 Å². The Morgan fingerprint density at radius 3 is 1.18 bits per heavy atom. The number of nitrogen functional groups attached to an aromatic ring is 4. The maximum atomic E-state index is 14.1. The fourth-order valence-electron chi connectivity index (χ4n) is 1.86. The lowest BCUT2D eigenvalue weighted by Crippen LogP contribution is -2.12. The van der Waals surface area contributed by atoms with E-state index in [1.807, 2.05) is 0 Å². The van der Waals surface area contributed by atoms with Gasteiger partial charge in [-0.25, -0.2) is 26.3 Å². The van der Waals surface area contributed by atoms with Gasteiger partial charge in [-0.05, 0) is 0 Å². The third-order valence-electron chi connectivity index (χ3n) is 3.06. The van der Waals surface area contributed by atoms with E-state index in [-0.39, 0.29) is 0 Å². The molecule has 0 amide bonds. The molecule has 4 nitrogen and oxygen atoms in total. The summed E-state index contributed by atoms with van der Waals surface area (Å²) < 4.78 is 81.1. The normalized spacial score (nSPS) is 11.0. The smallest absolute Gasteiger partial charge is 0.200 e. The van der Waals surface area contributed by atoms with Crippen molar-refractivity contribution in [3.63, 3.8) is 0 Å². The molecule has 0 aliphatic heterocycles. The molecular formula is C12H8F6N4. The highest BCUT2D eigenvalue weighted by atomic mass is 19.2. The number of benzene rings is 2. The zero-order chi connectivity index (χ0) is 16.9. The van der Waals surface area contributed by atoms with E-state index in [0.717, 1.165) is 0 Å². The third-order valence-corrected chi connectivity index (χ3v) is 3.06. The SMILES string of the molecule is Nc1c(N)c(N)c(-c2c(F)c(F)c(F)c(F)c2F)c(F)c1N. The molecule has 8 N–H and O–H groups in total. The minimum absolute atomic E-state index is 0.511. The van der Waals surface area contributed by atoms with Crippen molar-refractivity contribution >= 4 is 22.7 Å². The third kappa shape index (κ3) is 1.87. The van der Waals surface area contributed by atoms with E-state index < -0.39 is 68.8 Å². The molecular weight excluding hydrogens is 314 g/mol. The van der Waals surface area contributed by atoms with Gasteiger partial charge in [0.05, 0.1) is 33.9 Å². The van der Waals surface area contributed by atoms with Gasteiger partial charge in [0.25, 0.3) is 0 Å². The average molecular weight is 322 g/mol. The average Bonchev–Trinajstić information content (AvgIpc) is 2.50. The topological polar surface area (TPSA) is 104 Å². The Morgan fingerprint density at radius 2 is 0.727 bits per heavy atom. The summed E-state index contributed by atoms with van der Waals surface area (Å²) in [7, 11) is 0. The highest BCUT2D eigenvalue weighted by Crippen LogP contribution is 2.43. The van der Waals surface area contributed by atoms with Gasteiger partial charge >= 0.3 is 0 Å². The minimum Gasteiger partial charge on any atom is -0.396 e. The second kappa shape index (κ2) is 4.90. The van der Waals surface area contributed by atoms with Crippen LogP contribution in [0.25, 0.3) is 11.1 Å². The number of hydrogen-bond acceptors (Lipinski definition) is 4. The van der Waals surface area contributed by atoms with E-state index in [2.05, 4.69) is 0 Å². The van der Waals surface area contributed by atoms with Gasteiger partial charge in [0, 0.05) is 0 Å². The molecule has 2 aromatic rings. The van der Waals surface area contributed by atoms with Gasteiger partial charge in [-0.2, -0.15) is 0 Å². The maximum Gasteiger partial charge on any atom is 0.200 e. The predicted molar refractivity (Wildman–Crippen MR) is 69.3 cm³/mol. The molecule has 0 fully saturated rings. The molecule has 0 saturated carbocycles. The molecule has 0 heterocycles. The molecule has 0 aromatic heterocycles. The van der Waals surface area contributed by atoms with Gasteiger partial charge in [-0.3, -0.25) is 0 Å². The van der Waals surface area contributed by atoms with Crippen molar-refractivity contribution in [1.29, 1.82) is 0 Å². The van der Waals surface area contributed by atoms with Crippen LogP contribution in [-0.4, -0.2) is 0 Å². The Balaban J connectivity index is 3.03. The monoisotopic (exact) mass is 322 g/mol. The zero-order valence-corrected chi connectivity index (χ0v) is 10.6. The second-order valence-electron chi connectivity index (χ2n) is 4.29. The van der Waals surface area contributed by atoms with E-state index in [4.69, 9.17) is 22.9 Å². The predicted octanol–water partition coefficient (Wildman–Crippen LogP) is 2.52. The van der Waals surface area contributed by atoms with Crippen molar-refractivity contribution in [3.05, 3.63) is 34.9 Å². The number of halogens is 6. The van der Waals surface area contributed by atoms with Crippen LogP contribution >= 0.6 is 0 Å². The molecule has 118 valence electrons. The van der Waals surface area contributed by atoms with Crippen LogP contribution in [0.5, 0.6) is 0 Å². The van der Waals surface area contributed by atoms with Crippen molar-refractivity contribution in [2.45, 2.75) is 0 Å². The Kier molecular flexibility index (Phi) is 3.47. The maximum absolute atomic E-state index is 14.1. The molecule has 0 radical (unpaired) electrons. The van der Waals surface area contributed by atoms with Crippen LogP contribution in [0.3, 0.4) is 0 Å². The summed E-state index contributed by atoms with van der Waals surface area (Å²) in [5.74, 6) is -13.0. The van der Waals surface area contributed by atoms with Gasteiger partial charge in [0.15, 0.2) is 29.1 Å². The van der Waals surface area contributed by atoms with Gasteiger partial charge in [0.1, 0.15) is 0 Å². The van der Waals surface area contributed by atoms with Crippen molar-refractivity contribution in [1.82, 2.24) is 0 Å². The Morgan fingerprint density at radius 1 is 0.364 bits per heavy atom. The molecule has 0 unspecified atom stereocenters. The molecule has 22 heavy (non-hydrogen) atoms. The summed E-state index contributed by atoms with van der Waals surface area (Å²) >= 11 is 0. The highest BCUT2D eigenvalue weighted by molar-refractivity contribution is 5.97. The number of hydrogen-bond donors (Lipinski definition) is 4. The van der Waals surface area contributed by atoms with Gasteiger partial charge in [-0.15, -0.1) is 0 Å². The Hall–Kier alpha value is -2.78. The summed E-state index contributed by atoms with van der Waals surface area (Å²) in [6.07, 6.45) is 0. The van der Waals surface area contributed by atoms with E-state index in [1.165, 1.54) is 0 Å². The van der Waals surface area contributed by atoms with Crippen LogP contribution in [-0.2, 0) is 0 Å². The first-order valence-corrected chi connectivity index (χ1v) is 5.54. The fraction of sp³-hybridized carbons (Fsp3) is 0. The van der Waals surface area contributed by atoms with E-state index >= 15 is 0 Å². The lowest BCUT2D eigenvalue weighted by atomic mass is 9.98. The molecule has 2 aromatic carbocycles. The minimum atomic E-state index is -2.39. The highest BCUT2D eigenvalue weighted by Gasteiger charge is 2.31. The summed E-state index contributed by atoms with van der Waals surface area (Å²) in [5.41, 5.74) is 15.9. The standard InChI is InChI=1S/C12H8F6N4/c13-3-1(4(14)7(17)8(18)6(3)16)2-5(15)10(20)12(22)11(21)9(2)19/h19-22H2. The number of nitrogens with two attached hydrogens (primary N) is 4. The molecule has 0 bridgehead atoms. The van der Waals surface area contributed by atoms with Crippen LogP contribution < -0.4 is 22.9 Å². The van der Waals surface area contributed by atoms with Crippen molar-refractivity contribution < 1.29 is 26.3 Å². The largest absolute Gasteiger partial charge is 0.396 e. The molecule has 0 aliphatic carbocycles. The van der Waals surface area contributed by atoms with Crippen molar-refractivity contribution in [2.24, 2.45) is 0 Å². The fourth-order valence-corrected chi connectivity index (χ4v) is 1.86. The molecule has 0 atom stereocenters. The summed E-state index contributed by atoms with van der Waals surface area (Å²) in [4.78, 5) is 0. The molecule has 2 rings (SSSR count). The van der Waals surface area contributed by atoms with Crippen molar-refractivity contribution in [3.8, 4) is 11.1 Å². The summed E-state index contributed by atoms with van der Waals surface area (Å²) in [6.45, 7) is 0. The van der Waals surface area contributed by atoms with E-state index in [1.54, 1.807) is 0 Å². The summed E-state index contributed by atoms with van der Waals surface area (Å²) in [6, 6.07) is 0. The number of anilines is 4. The second-order valence-corrected chi connectivity index (χ2v) is 4.29. The summed E-state index contributed by atoms with van der Waals surface area (Å²) in [5, 5.41) is 0. The van der Waals surface area contributed by atoms with Crippen LogP contribution in [0.1, 0.15) is 0 Å². The van der Waals surface area contributed by atoms with Crippen molar-refractivity contribution in [2.75, 3.05) is 22.9 Å². The van der Waals surface area contributed by atoms with Crippen LogP contribution in [0.15, 0.2) is 0 Å². The first kappa shape index (κ1) is 15.6. The molecule has 0 saturated heterocycles. The van der Waals surface area contributed by atoms with Gasteiger partial charge in [0.2, 0.25) is 5.82 Å². The van der Waals surface area contributed by atoms with E-state index in [9.17, 15) is 26.3 Å². The van der Waals surface area contributed by atoms with Gasteiger partial charge in [-0.1, -0.05) is 0 Å². The van der Waals surface area contributed by atoms with E-state index in [0.29, 0.717) is 0 Å². The Labute approximate surface area is 119 Å². The van der Waals surface area contributed by atoms with Crippen LogP contribution in [0.2, 0.25) is 0 Å². The Bertz CT molecular complexity index is 680. The lowest BCUT2D eigenvalue weighted by Gasteiger charge is -2.16. The molecule has 10 heteroatoms. The van der Waals surface area contributed by atoms with Gasteiger partial charge < -0.3 is 22.9 Å². The zero-order valence-electron chi connectivity index (χ0n) is 10.6. The quantitative estimate of drug-likeness (QED) is 0.280. The first-order valence-electron chi connectivity index (χ1n) is 5.54. The molecule has 0 aliphatic rings. The molecule has 0 spiro atoms.